The topological polar surface area (TPSA) is 79.4 Å². The number of hydrogen-bond acceptors (Lipinski definition) is 5. The van der Waals surface area contributed by atoms with Gasteiger partial charge in [-0.3, -0.25) is 14.4 Å². The van der Waals surface area contributed by atoms with E-state index in [2.05, 4.69) is 34.6 Å². The standard InChI is InChI=1S/C28H21N3O3S2/c32-27(30-28-29-25(18-35-28)23-10-9-19-5-1-2-7-22(19)17-23)21-11-13-24(14-12-21)36(33,34)31-16-15-20-6-3-4-8-26(20)31/h1-14,17-18H,15-16H2,(H,29,30,32). The fourth-order valence-electron chi connectivity index (χ4n) is 4.44. The zero-order valence-corrected chi connectivity index (χ0v) is 20.7. The van der Waals surface area contributed by atoms with Gasteiger partial charge in [-0.15, -0.1) is 11.3 Å². The molecule has 0 aliphatic carbocycles. The molecule has 1 aliphatic heterocycles. The smallest absolute Gasteiger partial charge is 0.264 e. The number of sulfonamides is 1. The van der Waals surface area contributed by atoms with Crippen LogP contribution in [-0.4, -0.2) is 25.9 Å². The molecular weight excluding hydrogens is 490 g/mol. The van der Waals surface area contributed by atoms with Gasteiger partial charge >= 0.3 is 0 Å². The number of nitrogens with one attached hydrogen (secondary N) is 1. The van der Waals surface area contributed by atoms with E-state index in [1.165, 1.54) is 39.9 Å². The van der Waals surface area contributed by atoms with Gasteiger partial charge in [0.25, 0.3) is 15.9 Å². The summed E-state index contributed by atoms with van der Waals surface area (Å²) in [6.45, 7) is 0.410. The molecule has 0 saturated heterocycles. The fraction of sp³-hybridized carbons (Fsp3) is 0.0714. The van der Waals surface area contributed by atoms with Gasteiger partial charge in [0.15, 0.2) is 5.13 Å². The first-order valence-corrected chi connectivity index (χ1v) is 13.8. The van der Waals surface area contributed by atoms with Gasteiger partial charge < -0.3 is 0 Å². The van der Waals surface area contributed by atoms with Crippen LogP contribution in [0.3, 0.4) is 0 Å². The summed E-state index contributed by atoms with van der Waals surface area (Å²) in [5, 5.41) is 7.49. The molecule has 1 aromatic heterocycles. The first-order valence-electron chi connectivity index (χ1n) is 11.5. The van der Waals surface area contributed by atoms with E-state index < -0.39 is 10.0 Å². The maximum Gasteiger partial charge on any atom is 0.264 e. The Labute approximate surface area is 212 Å². The molecule has 4 aromatic carbocycles. The molecule has 0 saturated carbocycles. The van der Waals surface area contributed by atoms with Crippen LogP contribution in [0.2, 0.25) is 0 Å². The molecule has 0 spiro atoms. The fourth-order valence-corrected chi connectivity index (χ4v) is 6.66. The molecule has 0 bridgehead atoms. The van der Waals surface area contributed by atoms with Crippen molar-refractivity contribution >= 4 is 48.9 Å². The summed E-state index contributed by atoms with van der Waals surface area (Å²) < 4.78 is 27.8. The lowest BCUT2D eigenvalue weighted by Crippen LogP contribution is -2.29. The summed E-state index contributed by atoms with van der Waals surface area (Å²) >= 11 is 1.34. The van der Waals surface area contributed by atoms with Crippen LogP contribution < -0.4 is 9.62 Å². The Morgan fingerprint density at radius 2 is 1.64 bits per heavy atom. The Kier molecular flexibility index (Phi) is 5.55. The van der Waals surface area contributed by atoms with Crippen molar-refractivity contribution in [1.82, 2.24) is 4.98 Å². The van der Waals surface area contributed by atoms with Crippen LogP contribution in [0.15, 0.2) is 101 Å². The summed E-state index contributed by atoms with van der Waals surface area (Å²) in [5.41, 5.74) is 3.85. The number of amides is 1. The van der Waals surface area contributed by atoms with Gasteiger partial charge in [0.1, 0.15) is 0 Å². The quantitative estimate of drug-likeness (QED) is 0.315. The third-order valence-corrected chi connectivity index (χ3v) is 8.90. The van der Waals surface area contributed by atoms with Crippen molar-refractivity contribution in [2.75, 3.05) is 16.2 Å². The lowest BCUT2D eigenvalue weighted by atomic mass is 10.1. The molecule has 1 amide bonds. The number of rotatable bonds is 5. The number of hydrogen-bond donors (Lipinski definition) is 1. The molecule has 36 heavy (non-hydrogen) atoms. The van der Waals surface area contributed by atoms with Crippen LogP contribution in [0.25, 0.3) is 22.0 Å². The van der Waals surface area contributed by atoms with Gasteiger partial charge in [-0.05, 0) is 59.2 Å². The first kappa shape index (κ1) is 22.5. The van der Waals surface area contributed by atoms with Gasteiger partial charge in [0, 0.05) is 23.1 Å². The molecule has 5 aromatic rings. The highest BCUT2D eigenvalue weighted by Crippen LogP contribution is 2.33. The number of carbonyl (C=O) groups is 1. The summed E-state index contributed by atoms with van der Waals surface area (Å²) in [6, 6.07) is 27.8. The van der Waals surface area contributed by atoms with Crippen molar-refractivity contribution in [3.8, 4) is 11.3 Å². The Morgan fingerprint density at radius 3 is 2.47 bits per heavy atom. The largest absolute Gasteiger partial charge is 0.298 e. The minimum atomic E-state index is -3.71. The summed E-state index contributed by atoms with van der Waals surface area (Å²) in [6.07, 6.45) is 0.685. The van der Waals surface area contributed by atoms with Gasteiger partial charge in [0.2, 0.25) is 0 Å². The number of aromatic nitrogens is 1. The molecule has 8 heteroatoms. The number of carbonyl (C=O) groups excluding carboxylic acids is 1. The molecule has 2 heterocycles. The van der Waals surface area contributed by atoms with Crippen LogP contribution in [0.5, 0.6) is 0 Å². The molecule has 6 nitrogen and oxygen atoms in total. The van der Waals surface area contributed by atoms with E-state index >= 15 is 0 Å². The SMILES string of the molecule is O=C(Nc1nc(-c2ccc3ccccc3c2)cs1)c1ccc(S(=O)(=O)N2CCc3ccccc32)cc1. The van der Waals surface area contributed by atoms with E-state index in [1.54, 1.807) is 0 Å². The summed E-state index contributed by atoms with van der Waals surface area (Å²) in [7, 11) is -3.71. The minimum Gasteiger partial charge on any atom is -0.298 e. The number of anilines is 2. The van der Waals surface area contributed by atoms with Crippen molar-refractivity contribution in [3.05, 3.63) is 108 Å². The zero-order chi connectivity index (χ0) is 24.7. The second-order valence-electron chi connectivity index (χ2n) is 8.53. The van der Waals surface area contributed by atoms with E-state index in [0.29, 0.717) is 29.3 Å². The van der Waals surface area contributed by atoms with Crippen molar-refractivity contribution < 1.29 is 13.2 Å². The maximum atomic E-state index is 13.2. The molecule has 178 valence electrons. The van der Waals surface area contributed by atoms with Gasteiger partial charge in [-0.2, -0.15) is 0 Å². The van der Waals surface area contributed by atoms with E-state index in [1.807, 2.05) is 47.8 Å². The third kappa shape index (κ3) is 4.04. The lowest BCUT2D eigenvalue weighted by molar-refractivity contribution is 0.102. The minimum absolute atomic E-state index is 0.156. The van der Waals surface area contributed by atoms with E-state index in [0.717, 1.165) is 27.6 Å². The predicted molar refractivity (Wildman–Crippen MR) is 144 cm³/mol. The van der Waals surface area contributed by atoms with Gasteiger partial charge in [0.05, 0.1) is 16.3 Å². The van der Waals surface area contributed by atoms with E-state index in [9.17, 15) is 13.2 Å². The monoisotopic (exact) mass is 511 g/mol. The van der Waals surface area contributed by atoms with Crippen molar-refractivity contribution in [2.24, 2.45) is 0 Å². The molecule has 0 unspecified atom stereocenters. The predicted octanol–water partition coefficient (Wildman–Crippen LogP) is 5.97. The van der Waals surface area contributed by atoms with Crippen molar-refractivity contribution in [2.45, 2.75) is 11.3 Å². The average molecular weight is 512 g/mol. The number of fused-ring (bicyclic) bond motifs is 2. The Bertz CT molecular complexity index is 1710. The Balaban J connectivity index is 1.18. The second kappa shape index (κ2) is 8.89. The number of nitrogens with zero attached hydrogens (tertiary/aromatic N) is 2. The molecule has 1 N–H and O–H groups in total. The molecular formula is C28H21N3O3S2. The van der Waals surface area contributed by atoms with Crippen LogP contribution in [0, 0.1) is 0 Å². The molecule has 1 aliphatic rings. The molecule has 0 radical (unpaired) electrons. The highest BCUT2D eigenvalue weighted by Gasteiger charge is 2.30. The van der Waals surface area contributed by atoms with Crippen molar-refractivity contribution in [1.29, 1.82) is 0 Å². The van der Waals surface area contributed by atoms with Crippen LogP contribution >= 0.6 is 11.3 Å². The van der Waals surface area contributed by atoms with Crippen molar-refractivity contribution in [3.63, 3.8) is 0 Å². The summed E-state index contributed by atoms with van der Waals surface area (Å²) in [5.74, 6) is -0.343. The van der Waals surface area contributed by atoms with Gasteiger partial charge in [-0.25, -0.2) is 13.4 Å². The van der Waals surface area contributed by atoms with Crippen LogP contribution in [0.4, 0.5) is 10.8 Å². The average Bonchev–Trinajstić information content (AvgIpc) is 3.56. The number of para-hydroxylation sites is 1. The normalized spacial score (nSPS) is 13.1. The highest BCUT2D eigenvalue weighted by molar-refractivity contribution is 7.92. The summed E-state index contributed by atoms with van der Waals surface area (Å²) in [4.78, 5) is 17.5. The van der Waals surface area contributed by atoms with Gasteiger partial charge in [-0.1, -0.05) is 54.6 Å². The first-order chi connectivity index (χ1) is 17.5. The zero-order valence-electron chi connectivity index (χ0n) is 19.1. The highest BCUT2D eigenvalue weighted by atomic mass is 32.2. The Morgan fingerprint density at radius 1 is 0.889 bits per heavy atom. The molecule has 0 fully saturated rings. The second-order valence-corrected chi connectivity index (χ2v) is 11.3. The maximum absolute atomic E-state index is 13.2. The van der Waals surface area contributed by atoms with Crippen LogP contribution in [0.1, 0.15) is 15.9 Å². The number of benzene rings is 4. The third-order valence-electron chi connectivity index (χ3n) is 6.32. The van der Waals surface area contributed by atoms with E-state index in [4.69, 9.17) is 0 Å². The lowest BCUT2D eigenvalue weighted by Gasteiger charge is -2.19. The Hall–Kier alpha value is -4.01. The van der Waals surface area contributed by atoms with Crippen LogP contribution in [-0.2, 0) is 16.4 Å². The molecule has 6 rings (SSSR count). The molecule has 0 atom stereocenters. The van der Waals surface area contributed by atoms with E-state index in [-0.39, 0.29) is 10.8 Å². The number of thiazole rings is 1.